The summed E-state index contributed by atoms with van der Waals surface area (Å²) < 4.78 is 0. The van der Waals surface area contributed by atoms with Gasteiger partial charge in [-0.15, -0.1) is 0 Å². The molecule has 0 aromatic carbocycles. The Morgan fingerprint density at radius 2 is 1.93 bits per heavy atom. The topological polar surface area (TPSA) is 20.2 Å². The molecule has 82 valence electrons. The van der Waals surface area contributed by atoms with Crippen molar-refractivity contribution in [1.29, 1.82) is 0 Å². The van der Waals surface area contributed by atoms with E-state index in [0.29, 0.717) is 5.92 Å². The Hall–Kier alpha value is -0.560. The molecule has 0 heterocycles. The van der Waals surface area contributed by atoms with Crippen LogP contribution < -0.4 is 0 Å². The van der Waals surface area contributed by atoms with Crippen molar-refractivity contribution < 1.29 is 5.11 Å². The average molecular weight is 196 g/mol. The molecule has 0 rings (SSSR count). The van der Waals surface area contributed by atoms with Crippen LogP contribution in [0.5, 0.6) is 0 Å². The molecule has 0 aromatic rings. The molecule has 0 aliphatic rings. The first-order chi connectivity index (χ1) is 6.43. The van der Waals surface area contributed by atoms with Crippen LogP contribution in [0.25, 0.3) is 0 Å². The van der Waals surface area contributed by atoms with Crippen molar-refractivity contribution in [2.24, 2.45) is 5.92 Å². The molecule has 2 unspecified atom stereocenters. The van der Waals surface area contributed by atoms with Crippen molar-refractivity contribution in [2.45, 2.75) is 53.1 Å². The molecule has 1 N–H and O–H groups in total. The zero-order valence-corrected chi connectivity index (χ0v) is 10.0. The molecule has 0 fully saturated rings. The van der Waals surface area contributed by atoms with Crippen LogP contribution in [-0.2, 0) is 0 Å². The van der Waals surface area contributed by atoms with Gasteiger partial charge in [0, 0.05) is 0 Å². The van der Waals surface area contributed by atoms with Gasteiger partial charge in [-0.3, -0.25) is 0 Å². The summed E-state index contributed by atoms with van der Waals surface area (Å²) in [5.74, 6) is 0.431. The van der Waals surface area contributed by atoms with Crippen molar-refractivity contribution in [3.05, 3.63) is 23.8 Å². The second-order valence-electron chi connectivity index (χ2n) is 4.46. The van der Waals surface area contributed by atoms with Crippen molar-refractivity contribution >= 4 is 0 Å². The highest BCUT2D eigenvalue weighted by atomic mass is 16.3. The van der Waals surface area contributed by atoms with Crippen LogP contribution in [-0.4, -0.2) is 11.2 Å². The summed E-state index contributed by atoms with van der Waals surface area (Å²) in [6.07, 6.45) is 4.96. The molecule has 0 amide bonds. The van der Waals surface area contributed by atoms with Gasteiger partial charge in [0.15, 0.2) is 0 Å². The Kier molecular flexibility index (Phi) is 6.56. The molecule has 0 bridgehead atoms. The average Bonchev–Trinajstić information content (AvgIpc) is 2.01. The van der Waals surface area contributed by atoms with Crippen molar-refractivity contribution in [3.8, 4) is 0 Å². The molecule has 1 nitrogen and oxygen atoms in total. The first-order valence-electron chi connectivity index (χ1n) is 5.42. The molecule has 1 heteroatoms. The predicted octanol–water partition coefficient (Wildman–Crippen LogP) is 3.70. The molecule has 0 saturated carbocycles. The fraction of sp³-hybridized carbons (Fsp3) is 0.692. The Bertz CT molecular complexity index is 197. The molecule has 0 spiro atoms. The highest BCUT2D eigenvalue weighted by Gasteiger charge is 2.08. The number of rotatable bonds is 6. The maximum Gasteiger partial charge on any atom is 0.0517 e. The smallest absolute Gasteiger partial charge is 0.0517 e. The maximum atomic E-state index is 9.23. The zero-order valence-electron chi connectivity index (χ0n) is 10.0. The molecule has 0 aliphatic heterocycles. The van der Waals surface area contributed by atoms with E-state index in [1.807, 2.05) is 6.92 Å². The minimum absolute atomic E-state index is 0.217. The molecule has 14 heavy (non-hydrogen) atoms. The van der Waals surface area contributed by atoms with E-state index >= 15 is 0 Å². The predicted molar refractivity (Wildman–Crippen MR) is 63.3 cm³/mol. The highest BCUT2D eigenvalue weighted by Crippen LogP contribution is 2.19. The van der Waals surface area contributed by atoms with E-state index in [4.69, 9.17) is 0 Å². The van der Waals surface area contributed by atoms with E-state index in [1.54, 1.807) is 0 Å². The van der Waals surface area contributed by atoms with Crippen LogP contribution in [0.4, 0.5) is 0 Å². The number of hydrogen-bond donors (Lipinski definition) is 1. The standard InChI is InChI=1S/C13H24O/c1-10(2)7-6-8-11(3)12(4)9-13(5)14/h7,12-14H,3,6,8-9H2,1-2,4-5H3. The summed E-state index contributed by atoms with van der Waals surface area (Å²) in [6, 6.07) is 0. The second kappa shape index (κ2) is 6.83. The van der Waals surface area contributed by atoms with E-state index in [0.717, 1.165) is 19.3 Å². The van der Waals surface area contributed by atoms with Gasteiger partial charge in [-0.05, 0) is 46.0 Å². The lowest BCUT2D eigenvalue weighted by atomic mass is 9.93. The van der Waals surface area contributed by atoms with Gasteiger partial charge in [-0.2, -0.15) is 0 Å². The highest BCUT2D eigenvalue weighted by molar-refractivity contribution is 5.03. The van der Waals surface area contributed by atoms with Gasteiger partial charge < -0.3 is 5.11 Å². The third kappa shape index (κ3) is 6.90. The van der Waals surface area contributed by atoms with Crippen LogP contribution in [0.1, 0.15) is 47.0 Å². The summed E-state index contributed by atoms with van der Waals surface area (Å²) in [7, 11) is 0. The summed E-state index contributed by atoms with van der Waals surface area (Å²) in [4.78, 5) is 0. The van der Waals surface area contributed by atoms with E-state index in [-0.39, 0.29) is 6.10 Å². The molecule has 0 saturated heterocycles. The van der Waals surface area contributed by atoms with Crippen LogP contribution >= 0.6 is 0 Å². The van der Waals surface area contributed by atoms with Gasteiger partial charge in [-0.1, -0.05) is 30.7 Å². The van der Waals surface area contributed by atoms with Gasteiger partial charge in [0.1, 0.15) is 0 Å². The molecule has 0 aromatic heterocycles. The fourth-order valence-corrected chi connectivity index (χ4v) is 1.47. The number of hydrogen-bond acceptors (Lipinski definition) is 1. The lowest BCUT2D eigenvalue weighted by molar-refractivity contribution is 0.170. The molecule has 2 atom stereocenters. The number of aliphatic hydroxyl groups is 1. The minimum Gasteiger partial charge on any atom is -0.393 e. The van der Waals surface area contributed by atoms with E-state index in [2.05, 4.69) is 33.4 Å². The van der Waals surface area contributed by atoms with Gasteiger partial charge in [0.25, 0.3) is 0 Å². The van der Waals surface area contributed by atoms with Gasteiger partial charge in [0.2, 0.25) is 0 Å². The Morgan fingerprint density at radius 1 is 1.36 bits per heavy atom. The maximum absolute atomic E-state index is 9.23. The third-order valence-corrected chi connectivity index (χ3v) is 2.41. The normalized spacial score (nSPS) is 14.6. The SMILES string of the molecule is C=C(CCC=C(C)C)C(C)CC(C)O. The summed E-state index contributed by atoms with van der Waals surface area (Å²) in [5.41, 5.74) is 2.62. The van der Waals surface area contributed by atoms with Gasteiger partial charge in [0.05, 0.1) is 6.10 Å². The van der Waals surface area contributed by atoms with Crippen LogP contribution in [0.15, 0.2) is 23.8 Å². The monoisotopic (exact) mass is 196 g/mol. The van der Waals surface area contributed by atoms with Crippen LogP contribution in [0, 0.1) is 5.92 Å². The number of aliphatic hydroxyl groups excluding tert-OH is 1. The van der Waals surface area contributed by atoms with Gasteiger partial charge in [-0.25, -0.2) is 0 Å². The lowest BCUT2D eigenvalue weighted by Crippen LogP contribution is -2.08. The molecular weight excluding hydrogens is 172 g/mol. The minimum atomic E-state index is -0.217. The Labute approximate surface area is 88.5 Å². The second-order valence-corrected chi connectivity index (χ2v) is 4.46. The molecule has 0 aliphatic carbocycles. The van der Waals surface area contributed by atoms with E-state index in [9.17, 15) is 5.11 Å². The molecular formula is C13H24O. The summed E-state index contributed by atoms with van der Waals surface area (Å²) in [5, 5.41) is 9.23. The Morgan fingerprint density at radius 3 is 2.36 bits per heavy atom. The fourth-order valence-electron chi connectivity index (χ4n) is 1.47. The zero-order chi connectivity index (χ0) is 11.1. The quantitative estimate of drug-likeness (QED) is 0.642. The van der Waals surface area contributed by atoms with Crippen LogP contribution in [0.3, 0.4) is 0 Å². The third-order valence-electron chi connectivity index (χ3n) is 2.41. The van der Waals surface area contributed by atoms with Crippen molar-refractivity contribution in [1.82, 2.24) is 0 Å². The summed E-state index contributed by atoms with van der Waals surface area (Å²) >= 11 is 0. The first-order valence-corrected chi connectivity index (χ1v) is 5.42. The van der Waals surface area contributed by atoms with E-state index in [1.165, 1.54) is 11.1 Å². The first kappa shape index (κ1) is 13.4. The largest absolute Gasteiger partial charge is 0.393 e. The summed E-state index contributed by atoms with van der Waals surface area (Å²) in [6.45, 7) is 12.3. The van der Waals surface area contributed by atoms with Crippen molar-refractivity contribution in [3.63, 3.8) is 0 Å². The number of allylic oxidation sites excluding steroid dienone is 3. The van der Waals surface area contributed by atoms with Gasteiger partial charge >= 0.3 is 0 Å². The van der Waals surface area contributed by atoms with Crippen molar-refractivity contribution in [2.75, 3.05) is 0 Å². The van der Waals surface area contributed by atoms with E-state index < -0.39 is 0 Å². The lowest BCUT2D eigenvalue weighted by Gasteiger charge is -2.15. The van der Waals surface area contributed by atoms with Crippen LogP contribution in [0.2, 0.25) is 0 Å². The Balaban J connectivity index is 3.79. The molecule has 0 radical (unpaired) electrons.